The van der Waals surface area contributed by atoms with Gasteiger partial charge in [-0.2, -0.15) is 13.2 Å². The van der Waals surface area contributed by atoms with Crippen molar-refractivity contribution in [2.45, 2.75) is 32.7 Å². The number of thioether (sulfide) groups is 1. The third-order valence-corrected chi connectivity index (χ3v) is 8.24. The Morgan fingerprint density at radius 2 is 1.82 bits per heavy atom. The van der Waals surface area contributed by atoms with Crippen LogP contribution in [0, 0.1) is 0 Å². The van der Waals surface area contributed by atoms with Gasteiger partial charge in [0, 0.05) is 52.7 Å². The Morgan fingerprint density at radius 3 is 2.45 bits per heavy atom. The summed E-state index contributed by atoms with van der Waals surface area (Å²) in [5, 5.41) is 3.02. The second-order valence-electron chi connectivity index (χ2n) is 7.40. The lowest BCUT2D eigenvalue weighted by Crippen LogP contribution is -2.39. The van der Waals surface area contributed by atoms with Crippen molar-refractivity contribution in [2.75, 3.05) is 43.9 Å². The van der Waals surface area contributed by atoms with Gasteiger partial charge < -0.3 is 10.1 Å². The number of ether oxygens (including phenoxy) is 1. The molecule has 1 aliphatic heterocycles. The first-order valence-electron chi connectivity index (χ1n) is 10.2. The standard InChI is InChI=1S/C21H24F3N2O4S3/c22-21(23,24)33(28,29)20-14-18(32-27)6-7-19(20)25-16(8-9-26-10-12-30-13-11-26)15-31-17-4-2-1-3-5-17/h1-7,14,16,25H,8-13,15H2/q+1/t16-/m0/s1. The average Bonchev–Trinajstić information content (AvgIpc) is 2.81. The molecule has 12 heteroatoms. The zero-order valence-electron chi connectivity index (χ0n) is 17.6. The monoisotopic (exact) mass is 521 g/mol. The molecular formula is C21H24F3N2O4S3+. The highest BCUT2D eigenvalue weighted by molar-refractivity contribution is 7.99. The highest BCUT2D eigenvalue weighted by atomic mass is 32.2. The quantitative estimate of drug-likeness (QED) is 0.373. The number of halogens is 3. The summed E-state index contributed by atoms with van der Waals surface area (Å²) in [6.45, 7) is 3.47. The lowest BCUT2D eigenvalue weighted by atomic mass is 10.2. The molecule has 1 fully saturated rings. The number of morpholine rings is 1. The zero-order chi connectivity index (χ0) is 23.9. The Hall–Kier alpha value is -1.73. The number of nitrogens with one attached hydrogen (secondary N) is 1. The van der Waals surface area contributed by atoms with Crippen LogP contribution >= 0.6 is 11.8 Å². The van der Waals surface area contributed by atoms with Crippen LogP contribution in [0.5, 0.6) is 0 Å². The lowest BCUT2D eigenvalue weighted by Gasteiger charge is -2.29. The van der Waals surface area contributed by atoms with Gasteiger partial charge in [0.25, 0.3) is 14.7 Å². The van der Waals surface area contributed by atoms with Crippen molar-refractivity contribution in [3.05, 3.63) is 48.5 Å². The summed E-state index contributed by atoms with van der Waals surface area (Å²) in [6, 6.07) is 12.6. The van der Waals surface area contributed by atoms with E-state index in [-0.39, 0.29) is 28.3 Å². The van der Waals surface area contributed by atoms with Crippen LogP contribution in [-0.4, -0.2) is 63.5 Å². The van der Waals surface area contributed by atoms with Gasteiger partial charge in [-0.1, -0.05) is 18.2 Å². The van der Waals surface area contributed by atoms with Crippen molar-refractivity contribution in [3.8, 4) is 0 Å². The SMILES string of the molecule is O=[S+]c1ccc(N[C@@H](CCN2CCOCC2)CSc2ccccc2)c(S(=O)(=O)C(F)(F)F)c1. The van der Waals surface area contributed by atoms with Crippen LogP contribution in [0.25, 0.3) is 0 Å². The summed E-state index contributed by atoms with van der Waals surface area (Å²) in [7, 11) is -5.64. The summed E-state index contributed by atoms with van der Waals surface area (Å²) in [5.41, 5.74) is -5.64. The van der Waals surface area contributed by atoms with Crippen molar-refractivity contribution < 1.29 is 30.5 Å². The van der Waals surface area contributed by atoms with Crippen molar-refractivity contribution in [1.82, 2.24) is 4.90 Å². The molecule has 0 spiro atoms. The van der Waals surface area contributed by atoms with Gasteiger partial charge in [0.15, 0.2) is 0 Å². The first-order chi connectivity index (χ1) is 15.7. The van der Waals surface area contributed by atoms with Crippen LogP contribution in [-0.2, 0) is 30.4 Å². The molecule has 1 saturated heterocycles. The summed E-state index contributed by atoms with van der Waals surface area (Å²) >= 11 is 1.47. The third-order valence-electron chi connectivity index (χ3n) is 5.10. The van der Waals surface area contributed by atoms with Crippen LogP contribution in [0.3, 0.4) is 0 Å². The van der Waals surface area contributed by atoms with Crippen LogP contribution in [0.1, 0.15) is 6.42 Å². The molecule has 1 heterocycles. The summed E-state index contributed by atoms with van der Waals surface area (Å²) in [6.07, 6.45) is 0.587. The molecule has 0 saturated carbocycles. The third kappa shape index (κ3) is 7.12. The minimum absolute atomic E-state index is 0.0583. The van der Waals surface area contributed by atoms with Gasteiger partial charge in [-0.25, -0.2) is 8.42 Å². The van der Waals surface area contributed by atoms with Crippen LogP contribution < -0.4 is 5.32 Å². The Balaban J connectivity index is 1.84. The van der Waals surface area contributed by atoms with Gasteiger partial charge in [0.1, 0.15) is 4.90 Å². The number of anilines is 1. The van der Waals surface area contributed by atoms with Gasteiger partial charge in [0.2, 0.25) is 0 Å². The molecule has 33 heavy (non-hydrogen) atoms. The molecule has 2 aromatic carbocycles. The molecule has 1 N–H and O–H groups in total. The van der Waals surface area contributed by atoms with Crippen LogP contribution in [0.15, 0.2) is 63.2 Å². The molecule has 1 aliphatic rings. The molecule has 0 aliphatic carbocycles. The second-order valence-corrected chi connectivity index (χ2v) is 11.0. The van der Waals surface area contributed by atoms with Crippen molar-refractivity contribution in [3.63, 3.8) is 0 Å². The molecule has 0 radical (unpaired) electrons. The molecule has 0 unspecified atom stereocenters. The second kappa shape index (κ2) is 11.6. The number of alkyl halides is 3. The van der Waals surface area contributed by atoms with Gasteiger partial charge in [0.05, 0.1) is 18.9 Å². The van der Waals surface area contributed by atoms with E-state index in [2.05, 4.69) is 10.2 Å². The lowest BCUT2D eigenvalue weighted by molar-refractivity contribution is -0.0435. The van der Waals surface area contributed by atoms with E-state index >= 15 is 0 Å². The Bertz CT molecular complexity index is 1030. The maximum Gasteiger partial charge on any atom is 0.505 e. The number of nitrogens with zero attached hydrogens (tertiary/aromatic N) is 1. The van der Waals surface area contributed by atoms with Crippen molar-refractivity contribution >= 4 is 39.0 Å². The topological polar surface area (TPSA) is 75.7 Å². The number of rotatable bonds is 10. The molecule has 3 rings (SSSR count). The fraction of sp³-hybridized carbons (Fsp3) is 0.429. The molecule has 0 amide bonds. The molecule has 0 aromatic heterocycles. The first-order valence-corrected chi connectivity index (χ1v) is 13.4. The molecule has 180 valence electrons. The largest absolute Gasteiger partial charge is 0.505 e. The zero-order valence-corrected chi connectivity index (χ0v) is 20.0. The summed E-state index contributed by atoms with van der Waals surface area (Å²) in [5.74, 6) is 0.512. The minimum Gasteiger partial charge on any atom is -0.380 e. The molecule has 1 atom stereocenters. The highest BCUT2D eigenvalue weighted by Gasteiger charge is 2.48. The van der Waals surface area contributed by atoms with Crippen molar-refractivity contribution in [1.29, 1.82) is 0 Å². The van der Waals surface area contributed by atoms with Gasteiger partial charge in [-0.15, -0.1) is 11.8 Å². The Labute approximate surface area is 199 Å². The smallest absolute Gasteiger partial charge is 0.380 e. The summed E-state index contributed by atoms with van der Waals surface area (Å²) < 4.78 is 80.8. The molecule has 0 bridgehead atoms. The summed E-state index contributed by atoms with van der Waals surface area (Å²) in [4.78, 5) is 2.16. The van der Waals surface area contributed by atoms with E-state index in [1.54, 1.807) is 0 Å². The number of hydrogen-bond acceptors (Lipinski definition) is 7. The van der Waals surface area contributed by atoms with E-state index in [4.69, 9.17) is 4.74 Å². The number of benzene rings is 2. The predicted octanol–water partition coefficient (Wildman–Crippen LogP) is 4.06. The Kier molecular flexibility index (Phi) is 9.10. The molecule has 2 aromatic rings. The number of hydrogen-bond donors (Lipinski definition) is 1. The fourth-order valence-electron chi connectivity index (χ4n) is 3.31. The Morgan fingerprint density at radius 1 is 1.12 bits per heavy atom. The van der Waals surface area contributed by atoms with E-state index in [0.717, 1.165) is 24.1 Å². The van der Waals surface area contributed by atoms with E-state index in [1.165, 1.54) is 23.9 Å². The average molecular weight is 522 g/mol. The van der Waals surface area contributed by atoms with Gasteiger partial charge in [-0.3, -0.25) is 4.90 Å². The maximum absolute atomic E-state index is 13.3. The van der Waals surface area contributed by atoms with E-state index in [0.29, 0.717) is 31.9 Å². The molecule has 6 nitrogen and oxygen atoms in total. The van der Waals surface area contributed by atoms with Gasteiger partial charge in [-0.05, 0) is 24.6 Å². The highest BCUT2D eigenvalue weighted by Crippen LogP contribution is 2.36. The fourth-order valence-corrected chi connectivity index (χ4v) is 5.62. The van der Waals surface area contributed by atoms with E-state index < -0.39 is 20.2 Å². The van der Waals surface area contributed by atoms with E-state index in [9.17, 15) is 25.8 Å². The van der Waals surface area contributed by atoms with Crippen LogP contribution in [0.4, 0.5) is 18.9 Å². The molecular weight excluding hydrogens is 497 g/mol. The maximum atomic E-state index is 13.3. The minimum atomic E-state index is -5.64. The van der Waals surface area contributed by atoms with Gasteiger partial charge >= 0.3 is 17.2 Å². The normalized spacial score (nSPS) is 16.3. The van der Waals surface area contributed by atoms with E-state index in [1.807, 2.05) is 30.3 Å². The predicted molar refractivity (Wildman–Crippen MR) is 122 cm³/mol. The first kappa shape index (κ1) is 25.9. The number of sulfone groups is 1. The van der Waals surface area contributed by atoms with Crippen LogP contribution in [0.2, 0.25) is 0 Å². The van der Waals surface area contributed by atoms with Crippen molar-refractivity contribution in [2.24, 2.45) is 0 Å².